The number of carbonyl (C=O) groups excluding carboxylic acids is 1. The zero-order valence-corrected chi connectivity index (χ0v) is 12.0. The first kappa shape index (κ1) is 16.0. The summed E-state index contributed by atoms with van der Waals surface area (Å²) >= 11 is 0. The molecule has 1 rings (SSSR count). The van der Waals surface area contributed by atoms with Gasteiger partial charge in [0.2, 0.25) is 5.91 Å². The molecule has 110 valence electrons. The monoisotopic (exact) mass is 271 g/mol. The second kappa shape index (κ2) is 7.48. The minimum Gasteiger partial charge on any atom is -0.481 e. The summed E-state index contributed by atoms with van der Waals surface area (Å²) in [4.78, 5) is 23.5. The molecule has 0 heterocycles. The largest absolute Gasteiger partial charge is 0.481 e. The minimum atomic E-state index is -0.854. The highest BCUT2D eigenvalue weighted by atomic mass is 16.5. The number of amides is 1. The molecule has 0 saturated heterocycles. The zero-order chi connectivity index (χ0) is 14.4. The summed E-state index contributed by atoms with van der Waals surface area (Å²) in [7, 11) is 1.60. The lowest BCUT2D eigenvalue weighted by Crippen LogP contribution is -2.47. The molecule has 19 heavy (non-hydrogen) atoms. The molecule has 0 bridgehead atoms. The zero-order valence-electron chi connectivity index (χ0n) is 12.0. The van der Waals surface area contributed by atoms with E-state index in [4.69, 9.17) is 4.74 Å². The Bertz CT molecular complexity index is 317. The first-order valence-electron chi connectivity index (χ1n) is 6.99. The molecule has 1 aliphatic carbocycles. The van der Waals surface area contributed by atoms with Crippen LogP contribution in [0.3, 0.4) is 0 Å². The van der Waals surface area contributed by atoms with Gasteiger partial charge >= 0.3 is 5.97 Å². The Labute approximate surface area is 114 Å². The Balaban J connectivity index is 2.66. The predicted octanol–water partition coefficient (Wildman–Crippen LogP) is 1.66. The topological polar surface area (TPSA) is 75.6 Å². The van der Waals surface area contributed by atoms with Crippen LogP contribution in [0.1, 0.15) is 39.5 Å². The van der Waals surface area contributed by atoms with Crippen LogP contribution >= 0.6 is 0 Å². The molecule has 1 aliphatic rings. The average molecular weight is 271 g/mol. The number of carboxylic acid groups (broad SMARTS) is 1. The number of carboxylic acids is 1. The quantitative estimate of drug-likeness (QED) is 0.770. The van der Waals surface area contributed by atoms with E-state index in [-0.39, 0.29) is 17.9 Å². The first-order chi connectivity index (χ1) is 8.97. The number of aliphatic carboxylic acids is 1. The third-order valence-corrected chi connectivity index (χ3v) is 3.90. The van der Waals surface area contributed by atoms with Crippen LogP contribution in [-0.2, 0) is 14.3 Å². The van der Waals surface area contributed by atoms with Crippen LogP contribution in [0.25, 0.3) is 0 Å². The maximum absolute atomic E-state index is 12.3. The number of carbonyl (C=O) groups is 2. The Kier molecular flexibility index (Phi) is 6.28. The van der Waals surface area contributed by atoms with Crippen molar-refractivity contribution in [3.05, 3.63) is 0 Å². The Hall–Kier alpha value is -1.10. The third-order valence-electron chi connectivity index (χ3n) is 3.90. The first-order valence-corrected chi connectivity index (χ1v) is 6.99. The standard InChI is InChI=1S/C14H25NO4/c1-9(2)12(8-19-3)15-13(16)10-6-4-5-7-11(10)14(17)18/h9-12H,4-8H2,1-3H3,(H,15,16)(H,17,18)/t10-,11+,12?/m1/s1. The van der Waals surface area contributed by atoms with Gasteiger partial charge in [0.1, 0.15) is 0 Å². The molecule has 3 atom stereocenters. The van der Waals surface area contributed by atoms with Crippen molar-refractivity contribution < 1.29 is 19.4 Å². The SMILES string of the molecule is COCC(NC(=O)[C@@H]1CCCC[C@@H]1C(=O)O)C(C)C. The van der Waals surface area contributed by atoms with Gasteiger partial charge in [0.15, 0.2) is 0 Å². The molecule has 5 heteroatoms. The van der Waals surface area contributed by atoms with Gasteiger partial charge in [-0.15, -0.1) is 0 Å². The summed E-state index contributed by atoms with van der Waals surface area (Å²) in [6, 6.07) is -0.0612. The molecule has 0 spiro atoms. The molecule has 0 radical (unpaired) electrons. The lowest BCUT2D eigenvalue weighted by molar-refractivity contribution is -0.149. The van der Waals surface area contributed by atoms with Crippen LogP contribution < -0.4 is 5.32 Å². The normalized spacial score (nSPS) is 25.1. The molecular weight excluding hydrogens is 246 g/mol. The van der Waals surface area contributed by atoms with Crippen molar-refractivity contribution in [2.45, 2.75) is 45.6 Å². The van der Waals surface area contributed by atoms with Crippen LogP contribution in [0.15, 0.2) is 0 Å². The summed E-state index contributed by atoms with van der Waals surface area (Å²) < 4.78 is 5.10. The molecule has 1 fully saturated rings. The molecular formula is C14H25NO4. The number of methoxy groups -OCH3 is 1. The average Bonchev–Trinajstić information content (AvgIpc) is 2.37. The summed E-state index contributed by atoms with van der Waals surface area (Å²) in [5.41, 5.74) is 0. The molecule has 0 aromatic carbocycles. The van der Waals surface area contributed by atoms with Gasteiger partial charge < -0.3 is 15.2 Å². The smallest absolute Gasteiger partial charge is 0.307 e. The fourth-order valence-electron chi connectivity index (χ4n) is 2.61. The number of ether oxygens (including phenoxy) is 1. The van der Waals surface area contributed by atoms with Gasteiger partial charge in [-0.1, -0.05) is 26.7 Å². The highest BCUT2D eigenvalue weighted by Crippen LogP contribution is 2.30. The van der Waals surface area contributed by atoms with Crippen LogP contribution in [0.4, 0.5) is 0 Å². The fraction of sp³-hybridized carbons (Fsp3) is 0.857. The van der Waals surface area contributed by atoms with Crippen LogP contribution in [0.2, 0.25) is 0 Å². The van der Waals surface area contributed by atoms with Crippen molar-refractivity contribution in [1.82, 2.24) is 5.32 Å². The third kappa shape index (κ3) is 4.49. The van der Waals surface area contributed by atoms with Crippen molar-refractivity contribution >= 4 is 11.9 Å². The molecule has 1 unspecified atom stereocenters. The predicted molar refractivity (Wildman–Crippen MR) is 71.7 cm³/mol. The summed E-state index contributed by atoms with van der Waals surface area (Å²) in [5.74, 6) is -1.67. The molecule has 0 aromatic rings. The molecule has 0 aliphatic heterocycles. The van der Waals surface area contributed by atoms with E-state index in [0.717, 1.165) is 12.8 Å². The number of rotatable bonds is 6. The molecule has 5 nitrogen and oxygen atoms in total. The van der Waals surface area contributed by atoms with Gasteiger partial charge in [0.05, 0.1) is 24.5 Å². The van der Waals surface area contributed by atoms with E-state index in [2.05, 4.69) is 5.32 Å². The summed E-state index contributed by atoms with van der Waals surface area (Å²) in [6.07, 6.45) is 3.09. The van der Waals surface area contributed by atoms with Gasteiger partial charge in [-0.2, -0.15) is 0 Å². The van der Waals surface area contributed by atoms with Gasteiger partial charge in [-0.05, 0) is 18.8 Å². The minimum absolute atomic E-state index is 0.0612. The van der Waals surface area contributed by atoms with E-state index >= 15 is 0 Å². The maximum atomic E-state index is 12.3. The van der Waals surface area contributed by atoms with Crippen molar-refractivity contribution in [2.75, 3.05) is 13.7 Å². The van der Waals surface area contributed by atoms with Crippen LogP contribution in [0, 0.1) is 17.8 Å². The second-order valence-electron chi connectivity index (χ2n) is 5.65. The molecule has 2 N–H and O–H groups in total. The van der Waals surface area contributed by atoms with Gasteiger partial charge in [0.25, 0.3) is 0 Å². The molecule has 1 saturated carbocycles. The highest BCUT2D eigenvalue weighted by molar-refractivity contribution is 5.85. The Morgan fingerprint density at radius 3 is 2.32 bits per heavy atom. The fourth-order valence-corrected chi connectivity index (χ4v) is 2.61. The van der Waals surface area contributed by atoms with E-state index in [1.54, 1.807) is 7.11 Å². The van der Waals surface area contributed by atoms with E-state index in [1.165, 1.54) is 0 Å². The van der Waals surface area contributed by atoms with Crippen molar-refractivity contribution in [3.8, 4) is 0 Å². The second-order valence-corrected chi connectivity index (χ2v) is 5.65. The highest BCUT2D eigenvalue weighted by Gasteiger charge is 2.36. The van der Waals surface area contributed by atoms with E-state index in [9.17, 15) is 14.7 Å². The van der Waals surface area contributed by atoms with Crippen molar-refractivity contribution in [1.29, 1.82) is 0 Å². The lowest BCUT2D eigenvalue weighted by atomic mass is 9.78. The number of hydrogen-bond acceptors (Lipinski definition) is 3. The van der Waals surface area contributed by atoms with Gasteiger partial charge in [0, 0.05) is 7.11 Å². The maximum Gasteiger partial charge on any atom is 0.307 e. The molecule has 0 aromatic heterocycles. The van der Waals surface area contributed by atoms with Crippen molar-refractivity contribution in [2.24, 2.45) is 17.8 Å². The number of hydrogen-bond donors (Lipinski definition) is 2. The lowest BCUT2D eigenvalue weighted by Gasteiger charge is -2.30. The van der Waals surface area contributed by atoms with Crippen LogP contribution in [-0.4, -0.2) is 36.7 Å². The van der Waals surface area contributed by atoms with Crippen molar-refractivity contribution in [3.63, 3.8) is 0 Å². The molecule has 1 amide bonds. The van der Waals surface area contributed by atoms with E-state index in [1.807, 2.05) is 13.8 Å². The van der Waals surface area contributed by atoms with Gasteiger partial charge in [-0.3, -0.25) is 9.59 Å². The Morgan fingerprint density at radius 1 is 1.26 bits per heavy atom. The van der Waals surface area contributed by atoms with E-state index < -0.39 is 17.8 Å². The summed E-state index contributed by atoms with van der Waals surface area (Å²) in [6.45, 7) is 4.48. The van der Waals surface area contributed by atoms with Crippen LogP contribution in [0.5, 0.6) is 0 Å². The Morgan fingerprint density at radius 2 is 1.84 bits per heavy atom. The summed E-state index contributed by atoms with van der Waals surface area (Å²) in [5, 5.41) is 12.1. The van der Waals surface area contributed by atoms with E-state index in [0.29, 0.717) is 19.4 Å². The number of nitrogens with one attached hydrogen (secondary N) is 1. The van der Waals surface area contributed by atoms with Gasteiger partial charge in [-0.25, -0.2) is 0 Å².